The van der Waals surface area contributed by atoms with E-state index >= 15 is 0 Å². The summed E-state index contributed by atoms with van der Waals surface area (Å²) in [6.07, 6.45) is 10.1. The molecule has 0 unspecified atom stereocenters. The summed E-state index contributed by atoms with van der Waals surface area (Å²) < 4.78 is 11.5. The Morgan fingerprint density at radius 1 is 1.32 bits per heavy atom. The van der Waals surface area contributed by atoms with Gasteiger partial charge in [-0.25, -0.2) is 9.97 Å². The van der Waals surface area contributed by atoms with E-state index in [4.69, 9.17) is 35.4 Å². The number of carbonyl (C=O) groups excluding carboxylic acids is 1. The Labute approximate surface area is 228 Å². The lowest BCUT2D eigenvalue weighted by Gasteiger charge is -2.28. The number of aromatic nitrogens is 2. The molecule has 10 heteroatoms. The van der Waals surface area contributed by atoms with Gasteiger partial charge >= 0.3 is 0 Å². The molecule has 0 saturated carbocycles. The van der Waals surface area contributed by atoms with E-state index in [1.54, 1.807) is 30.6 Å². The van der Waals surface area contributed by atoms with Gasteiger partial charge in [0.25, 0.3) is 0 Å². The van der Waals surface area contributed by atoms with Crippen molar-refractivity contribution < 1.29 is 14.3 Å². The summed E-state index contributed by atoms with van der Waals surface area (Å²) in [4.78, 5) is 21.7. The number of ether oxygens (including phenoxy) is 2. The van der Waals surface area contributed by atoms with Gasteiger partial charge in [0.1, 0.15) is 5.76 Å². The molecule has 1 saturated heterocycles. The Kier molecular flexibility index (Phi) is 12.7. The van der Waals surface area contributed by atoms with Crippen LogP contribution in [0, 0.1) is 12.3 Å². The maximum Gasteiger partial charge on any atom is 0.204 e. The third kappa shape index (κ3) is 8.25. The number of methoxy groups -OCH3 is 1. The highest BCUT2D eigenvalue weighted by atomic mass is 32.1. The van der Waals surface area contributed by atoms with Crippen molar-refractivity contribution in [3.63, 3.8) is 0 Å². The normalized spacial score (nSPS) is 13.2. The first-order valence-electron chi connectivity index (χ1n) is 12.1. The molecule has 1 aliphatic heterocycles. The molecule has 0 aliphatic carbocycles. The summed E-state index contributed by atoms with van der Waals surface area (Å²) in [7, 11) is 1.63. The van der Waals surface area contributed by atoms with Crippen LogP contribution in [0.4, 0.5) is 11.5 Å². The monoisotopic (exact) mass is 536 g/mol. The molecule has 1 amide bonds. The van der Waals surface area contributed by atoms with Crippen molar-refractivity contribution in [1.29, 1.82) is 5.41 Å². The standard InChI is InChI=1S/C18H19N5OS.C9H14O.CH3NO/c1-11-9-15-16(25-11)18(23-5-7-24-8-6-23)22-17(21-15)12-3-2-4-14(20)13(12)10-19;1-4-6-7-8-9(5-2)10-3;2-1-3/h2-4,9-10,19H,5-8,20H2,1H3;5-8H,2,4H2,1,3H3;1H,(H2,2,3)/b;7-6+,9-8+;. The van der Waals surface area contributed by atoms with E-state index in [0.29, 0.717) is 30.3 Å². The summed E-state index contributed by atoms with van der Waals surface area (Å²) in [5, 5.41) is 7.71. The van der Waals surface area contributed by atoms with Gasteiger partial charge in [-0.2, -0.15) is 0 Å². The minimum absolute atomic E-state index is 0.250. The zero-order valence-electron chi connectivity index (χ0n) is 22.1. The Hall–Kier alpha value is -4.02. The average Bonchev–Trinajstić information content (AvgIpc) is 3.32. The van der Waals surface area contributed by atoms with E-state index in [1.807, 2.05) is 24.3 Å². The van der Waals surface area contributed by atoms with E-state index in [9.17, 15) is 0 Å². The van der Waals surface area contributed by atoms with Gasteiger partial charge in [0.05, 0.1) is 30.5 Å². The molecule has 9 nitrogen and oxygen atoms in total. The second kappa shape index (κ2) is 16.0. The van der Waals surface area contributed by atoms with Crippen molar-refractivity contribution in [2.45, 2.75) is 20.3 Å². The lowest BCUT2D eigenvalue weighted by Crippen LogP contribution is -2.36. The zero-order valence-corrected chi connectivity index (χ0v) is 23.0. The van der Waals surface area contributed by atoms with E-state index in [-0.39, 0.29) is 6.41 Å². The van der Waals surface area contributed by atoms with Gasteiger partial charge in [-0.3, -0.25) is 4.79 Å². The van der Waals surface area contributed by atoms with Crippen molar-refractivity contribution in [3.05, 3.63) is 71.3 Å². The number of hydrogen-bond donors (Lipinski definition) is 3. The summed E-state index contributed by atoms with van der Waals surface area (Å²) in [5.41, 5.74) is 13.1. The van der Waals surface area contributed by atoms with Gasteiger partial charge < -0.3 is 31.3 Å². The molecule has 5 N–H and O–H groups in total. The highest BCUT2D eigenvalue weighted by Gasteiger charge is 2.20. The highest BCUT2D eigenvalue weighted by molar-refractivity contribution is 7.19. The first-order valence-corrected chi connectivity index (χ1v) is 12.9. The number of allylic oxidation sites excluding steroid dienone is 4. The number of carbonyl (C=O) groups is 1. The lowest BCUT2D eigenvalue weighted by atomic mass is 10.1. The number of fused-ring (bicyclic) bond motifs is 1. The molecule has 4 rings (SSSR count). The molecular formula is C28H36N6O3S. The largest absolute Gasteiger partial charge is 0.497 e. The number of nitrogens with zero attached hydrogens (tertiary/aromatic N) is 3. The number of hydrogen-bond acceptors (Lipinski definition) is 9. The van der Waals surface area contributed by atoms with Gasteiger partial charge in [0, 0.05) is 41.0 Å². The van der Waals surface area contributed by atoms with E-state index < -0.39 is 0 Å². The number of nitrogens with two attached hydrogens (primary N) is 2. The maximum atomic E-state index is 8.58. The Balaban J connectivity index is 0.000000329. The third-order valence-electron chi connectivity index (χ3n) is 5.38. The summed E-state index contributed by atoms with van der Waals surface area (Å²) in [5.74, 6) is 2.35. The number of rotatable bonds is 7. The Bertz CT molecular complexity index is 1280. The fourth-order valence-corrected chi connectivity index (χ4v) is 4.57. The van der Waals surface area contributed by atoms with E-state index in [1.165, 1.54) is 11.1 Å². The Morgan fingerprint density at radius 2 is 2.03 bits per heavy atom. The number of thiophene rings is 1. The predicted molar refractivity (Wildman–Crippen MR) is 158 cm³/mol. The molecule has 1 aliphatic rings. The van der Waals surface area contributed by atoms with Crippen molar-refractivity contribution in [1.82, 2.24) is 9.97 Å². The molecule has 0 atom stereocenters. The van der Waals surface area contributed by atoms with Crippen LogP contribution in [0.15, 0.2) is 60.9 Å². The highest BCUT2D eigenvalue weighted by Crippen LogP contribution is 2.35. The third-order valence-corrected chi connectivity index (χ3v) is 6.42. The molecule has 3 heterocycles. The molecule has 202 valence electrons. The fourth-order valence-electron chi connectivity index (χ4n) is 3.60. The quantitative estimate of drug-likeness (QED) is 0.129. The van der Waals surface area contributed by atoms with E-state index in [0.717, 1.165) is 46.9 Å². The molecule has 0 bridgehead atoms. The molecule has 38 heavy (non-hydrogen) atoms. The fraction of sp³-hybridized carbons (Fsp3) is 0.286. The van der Waals surface area contributed by atoms with Crippen LogP contribution in [-0.2, 0) is 14.3 Å². The average molecular weight is 537 g/mol. The van der Waals surface area contributed by atoms with Crippen LogP contribution in [0.25, 0.3) is 21.6 Å². The number of benzene rings is 1. The number of amides is 1. The van der Waals surface area contributed by atoms with Gasteiger partial charge in [0.15, 0.2) is 11.6 Å². The maximum absolute atomic E-state index is 8.58. The van der Waals surface area contributed by atoms with Crippen LogP contribution in [-0.4, -0.2) is 56.0 Å². The number of nitrogen functional groups attached to an aromatic ring is 1. The lowest BCUT2D eigenvalue weighted by molar-refractivity contribution is -0.106. The van der Waals surface area contributed by atoms with Gasteiger partial charge in [-0.15, -0.1) is 11.3 Å². The first-order chi connectivity index (χ1) is 18.4. The number of nitrogens with one attached hydrogen (secondary N) is 1. The van der Waals surface area contributed by atoms with Crippen molar-refractivity contribution >= 4 is 45.7 Å². The molecule has 0 radical (unpaired) electrons. The molecule has 1 fully saturated rings. The van der Waals surface area contributed by atoms with Crippen LogP contribution in [0.2, 0.25) is 0 Å². The van der Waals surface area contributed by atoms with Crippen LogP contribution in [0.3, 0.4) is 0 Å². The molecule has 0 spiro atoms. The number of anilines is 2. The molecular weight excluding hydrogens is 500 g/mol. The number of morpholine rings is 1. The van der Waals surface area contributed by atoms with Gasteiger partial charge in [-0.05, 0) is 37.6 Å². The molecule has 3 aromatic rings. The Morgan fingerprint density at radius 3 is 2.63 bits per heavy atom. The minimum Gasteiger partial charge on any atom is -0.497 e. The minimum atomic E-state index is 0.250. The summed E-state index contributed by atoms with van der Waals surface area (Å²) >= 11 is 1.71. The second-order valence-electron chi connectivity index (χ2n) is 7.94. The van der Waals surface area contributed by atoms with Gasteiger partial charge in [0.2, 0.25) is 6.41 Å². The smallest absolute Gasteiger partial charge is 0.204 e. The van der Waals surface area contributed by atoms with Gasteiger partial charge in [-0.1, -0.05) is 37.8 Å². The molecule has 2 aromatic heterocycles. The molecule has 1 aromatic carbocycles. The van der Waals surface area contributed by atoms with E-state index in [2.05, 4.69) is 43.2 Å². The van der Waals surface area contributed by atoms with Crippen molar-refractivity contribution in [2.75, 3.05) is 44.0 Å². The number of primary amides is 1. The van der Waals surface area contributed by atoms with Crippen LogP contribution >= 0.6 is 11.3 Å². The van der Waals surface area contributed by atoms with Crippen molar-refractivity contribution in [3.8, 4) is 11.4 Å². The summed E-state index contributed by atoms with van der Waals surface area (Å²) in [6.45, 7) is 10.8. The van der Waals surface area contributed by atoms with Crippen LogP contribution < -0.4 is 16.4 Å². The second-order valence-corrected chi connectivity index (χ2v) is 9.20. The SMILES string of the molecule is C=C/C(=C\C=C\CC)OC.Cc1cc2nc(-c3cccc(N)c3C=N)nc(N3CCOCC3)c2s1.NC=O. The number of aryl methyl sites for hydroxylation is 1. The zero-order chi connectivity index (χ0) is 27.9. The summed E-state index contributed by atoms with van der Waals surface area (Å²) in [6, 6.07) is 7.67. The van der Waals surface area contributed by atoms with Crippen LogP contribution in [0.5, 0.6) is 0 Å². The predicted octanol–water partition coefficient (Wildman–Crippen LogP) is 4.85. The van der Waals surface area contributed by atoms with Crippen molar-refractivity contribution in [2.24, 2.45) is 5.73 Å². The first kappa shape index (κ1) is 30.2. The topological polar surface area (TPSA) is 140 Å². The van der Waals surface area contributed by atoms with Crippen LogP contribution in [0.1, 0.15) is 23.8 Å².